The van der Waals surface area contributed by atoms with E-state index in [9.17, 15) is 18.2 Å². The van der Waals surface area contributed by atoms with Crippen molar-refractivity contribution in [1.29, 1.82) is 0 Å². The number of halogens is 1. The highest BCUT2D eigenvalue weighted by Gasteiger charge is 2.29. The minimum atomic E-state index is -1.22. The van der Waals surface area contributed by atoms with Gasteiger partial charge in [0.1, 0.15) is 21.0 Å². The number of carbonyl (C=O) groups is 2. The number of unbranched alkanes of at least 4 members (excludes halogenated alkanes) is 2. The molecule has 0 radical (unpaired) electrons. The Morgan fingerprint density at radius 2 is 1.71 bits per heavy atom. The van der Waals surface area contributed by atoms with Crippen LogP contribution in [0.4, 0.5) is 4.39 Å². The quantitative estimate of drug-likeness (QED) is 0.0430. The lowest BCUT2D eigenvalue weighted by atomic mass is 10.0. The summed E-state index contributed by atoms with van der Waals surface area (Å²) in [6.07, 6.45) is 3.74. The molecule has 7 nitrogen and oxygen atoms in total. The molecular weight excluding hydrogens is 652 g/mol. The molecule has 0 saturated heterocycles. The zero-order valence-corrected chi connectivity index (χ0v) is 27.8. The Balaban J connectivity index is 1.52. The number of benzene rings is 3. The van der Waals surface area contributed by atoms with E-state index in [1.807, 2.05) is 25.1 Å². The molecule has 5 aromatic rings. The van der Waals surface area contributed by atoms with E-state index in [-0.39, 0.29) is 24.3 Å². The van der Waals surface area contributed by atoms with Crippen LogP contribution in [0.25, 0.3) is 27.4 Å². The highest BCUT2D eigenvalue weighted by Crippen LogP contribution is 2.33. The number of nitrogens with zero attached hydrogens (tertiary/aromatic N) is 2. The molecule has 0 bridgehead atoms. The molecule has 45 heavy (non-hydrogen) atoms. The van der Waals surface area contributed by atoms with Crippen molar-refractivity contribution >= 4 is 55.6 Å². The third kappa shape index (κ3) is 8.06. The standard InChI is InChI=1S/C33H29FN2O5S4/c1-3-4-5-17-40-33(38)31-27(19-29(37)41-25-13-9-21(10-14-25)28-20-30(42)44-43-28)35-36(24-8-6-7-23(34)18-24)32(31)22-11-15-26(16-12-22)45(2)39/h6-16,18,20H,3-5,17,19H2,1-2H3. The number of ether oxygens (including phenoxy) is 2. The van der Waals surface area contributed by atoms with Gasteiger partial charge in [-0.1, -0.05) is 70.9 Å². The predicted molar refractivity (Wildman–Crippen MR) is 179 cm³/mol. The molecule has 0 fully saturated rings. The Kier molecular flexibility index (Phi) is 10.8. The number of esters is 2. The summed E-state index contributed by atoms with van der Waals surface area (Å²) in [5.41, 5.74) is 2.37. The van der Waals surface area contributed by atoms with Crippen molar-refractivity contribution in [2.45, 2.75) is 37.5 Å². The Hall–Kier alpha value is -3.84. The minimum absolute atomic E-state index is 0.0760. The van der Waals surface area contributed by atoms with Crippen LogP contribution in [0.1, 0.15) is 42.2 Å². The van der Waals surface area contributed by atoms with Crippen LogP contribution in [-0.2, 0) is 26.8 Å². The predicted octanol–water partition coefficient (Wildman–Crippen LogP) is 8.43. The van der Waals surface area contributed by atoms with Gasteiger partial charge in [-0.25, -0.2) is 13.9 Å². The van der Waals surface area contributed by atoms with Gasteiger partial charge in [0, 0.05) is 32.4 Å². The summed E-state index contributed by atoms with van der Waals surface area (Å²) in [6, 6.07) is 21.6. The molecule has 3 aromatic carbocycles. The zero-order valence-electron chi connectivity index (χ0n) is 24.5. The first-order valence-electron chi connectivity index (χ1n) is 14.1. The fraction of sp³-hybridized carbons (Fsp3) is 0.212. The Labute approximate surface area is 275 Å². The molecule has 2 aromatic heterocycles. The fourth-order valence-electron chi connectivity index (χ4n) is 4.62. The molecule has 1 atom stereocenters. The van der Waals surface area contributed by atoms with Crippen molar-refractivity contribution in [3.05, 3.63) is 99.8 Å². The van der Waals surface area contributed by atoms with E-state index >= 15 is 0 Å². The van der Waals surface area contributed by atoms with E-state index in [0.717, 1.165) is 27.1 Å². The average molecular weight is 681 g/mol. The van der Waals surface area contributed by atoms with E-state index in [2.05, 4.69) is 5.10 Å². The first-order chi connectivity index (χ1) is 21.7. The second-order valence-electron chi connectivity index (χ2n) is 10.1. The lowest BCUT2D eigenvalue weighted by Gasteiger charge is -2.11. The molecule has 0 aliphatic heterocycles. The van der Waals surface area contributed by atoms with Crippen molar-refractivity contribution < 1.29 is 27.7 Å². The molecule has 0 saturated carbocycles. The van der Waals surface area contributed by atoms with Gasteiger partial charge in [0.2, 0.25) is 0 Å². The first kappa shape index (κ1) is 32.6. The third-order valence-corrected chi connectivity index (χ3v) is 10.6. The van der Waals surface area contributed by atoms with E-state index in [0.29, 0.717) is 34.0 Å². The summed E-state index contributed by atoms with van der Waals surface area (Å²) < 4.78 is 40.0. The molecule has 0 aliphatic carbocycles. The second kappa shape index (κ2) is 15.0. The van der Waals surface area contributed by atoms with Crippen LogP contribution in [0.3, 0.4) is 0 Å². The first-order valence-corrected chi connectivity index (χ1v) is 18.2. The number of hydrogen-bond acceptors (Lipinski definition) is 9. The van der Waals surface area contributed by atoms with E-state index < -0.39 is 28.6 Å². The number of rotatable bonds is 12. The van der Waals surface area contributed by atoms with Crippen LogP contribution in [-0.4, -0.2) is 38.8 Å². The van der Waals surface area contributed by atoms with Gasteiger partial charge >= 0.3 is 11.9 Å². The molecule has 0 spiro atoms. The number of hydrogen-bond donors (Lipinski definition) is 0. The van der Waals surface area contributed by atoms with Gasteiger partial charge in [-0.15, -0.1) is 0 Å². The van der Waals surface area contributed by atoms with Crippen LogP contribution in [0.2, 0.25) is 0 Å². The fourth-order valence-corrected chi connectivity index (χ4v) is 7.54. The SMILES string of the molecule is CCCCCOC(=O)c1c(CC(=O)Oc2ccc(-c3cc(=S)ss3)cc2)nn(-c2cccc(F)c2)c1-c1ccc(S(C)=O)cc1. The molecule has 12 heteroatoms. The van der Waals surface area contributed by atoms with Gasteiger partial charge in [0.05, 0.1) is 30.1 Å². The zero-order chi connectivity index (χ0) is 31.9. The smallest absolute Gasteiger partial charge is 0.342 e. The summed E-state index contributed by atoms with van der Waals surface area (Å²) in [5, 5.41) is 4.64. The minimum Gasteiger partial charge on any atom is -0.462 e. The van der Waals surface area contributed by atoms with Gasteiger partial charge in [0.15, 0.2) is 0 Å². The summed E-state index contributed by atoms with van der Waals surface area (Å²) in [6.45, 7) is 2.24. The van der Waals surface area contributed by atoms with Gasteiger partial charge < -0.3 is 9.47 Å². The van der Waals surface area contributed by atoms with Crippen molar-refractivity contribution in [2.24, 2.45) is 0 Å². The summed E-state index contributed by atoms with van der Waals surface area (Å²) in [7, 11) is 1.87. The van der Waals surface area contributed by atoms with Crippen molar-refractivity contribution in [3.8, 4) is 33.1 Å². The van der Waals surface area contributed by atoms with Gasteiger partial charge in [-0.05, 0) is 72.6 Å². The highest BCUT2D eigenvalue weighted by atomic mass is 32.9. The van der Waals surface area contributed by atoms with Gasteiger partial charge in [-0.2, -0.15) is 5.10 Å². The normalized spacial score (nSPS) is 11.7. The third-order valence-electron chi connectivity index (χ3n) is 6.80. The van der Waals surface area contributed by atoms with Crippen molar-refractivity contribution in [3.63, 3.8) is 0 Å². The van der Waals surface area contributed by atoms with Crippen molar-refractivity contribution in [2.75, 3.05) is 12.9 Å². The topological polar surface area (TPSA) is 87.5 Å². The lowest BCUT2D eigenvalue weighted by Crippen LogP contribution is -2.15. The molecule has 5 rings (SSSR count). The summed E-state index contributed by atoms with van der Waals surface area (Å²) in [4.78, 5) is 28.5. The Bertz CT molecular complexity index is 1900. The van der Waals surface area contributed by atoms with E-state index in [1.54, 1.807) is 59.1 Å². The molecule has 0 amide bonds. The van der Waals surface area contributed by atoms with Crippen molar-refractivity contribution in [1.82, 2.24) is 9.78 Å². The van der Waals surface area contributed by atoms with Crippen LogP contribution in [0.15, 0.2) is 83.8 Å². The maximum absolute atomic E-state index is 14.4. The lowest BCUT2D eigenvalue weighted by molar-refractivity contribution is -0.133. The van der Waals surface area contributed by atoms with Gasteiger partial charge in [0.25, 0.3) is 0 Å². The molecular formula is C33H29FN2O5S4. The maximum atomic E-state index is 14.4. The van der Waals surface area contributed by atoms with Crippen LogP contribution >= 0.6 is 32.9 Å². The molecule has 1 unspecified atom stereocenters. The summed E-state index contributed by atoms with van der Waals surface area (Å²) >= 11 is 5.23. The number of carbonyl (C=O) groups excluding carboxylic acids is 2. The largest absolute Gasteiger partial charge is 0.462 e. The second-order valence-corrected chi connectivity index (χ2v) is 14.3. The Morgan fingerprint density at radius 1 is 0.978 bits per heavy atom. The van der Waals surface area contributed by atoms with E-state index in [4.69, 9.17) is 21.7 Å². The molecule has 232 valence electrons. The van der Waals surface area contributed by atoms with Gasteiger partial charge in [-0.3, -0.25) is 9.00 Å². The maximum Gasteiger partial charge on any atom is 0.342 e. The molecule has 0 aliphatic rings. The number of aromatic nitrogens is 2. The van der Waals surface area contributed by atoms with Crippen LogP contribution in [0.5, 0.6) is 5.75 Å². The Morgan fingerprint density at radius 3 is 2.36 bits per heavy atom. The van der Waals surface area contributed by atoms with E-state index in [1.165, 1.54) is 33.2 Å². The van der Waals surface area contributed by atoms with Crippen LogP contribution in [0, 0.1) is 9.64 Å². The van der Waals surface area contributed by atoms with Crippen LogP contribution < -0.4 is 4.74 Å². The monoisotopic (exact) mass is 680 g/mol. The molecule has 2 heterocycles. The summed E-state index contributed by atoms with van der Waals surface area (Å²) in [5.74, 6) is -1.46. The highest BCUT2D eigenvalue weighted by molar-refractivity contribution is 7.84. The molecule has 0 N–H and O–H groups in total. The average Bonchev–Trinajstić information content (AvgIpc) is 3.63.